The van der Waals surface area contributed by atoms with Gasteiger partial charge in [0.2, 0.25) is 0 Å². The molecule has 0 radical (unpaired) electrons. The van der Waals surface area contributed by atoms with Crippen molar-refractivity contribution in [2.75, 3.05) is 54.1 Å². The normalized spacial score (nSPS) is 26.3. The molecule has 31 heavy (non-hydrogen) atoms. The average Bonchev–Trinajstić information content (AvgIpc) is 3.16. The first-order valence-electron chi connectivity index (χ1n) is 10.1. The Bertz CT molecular complexity index is 866. The van der Waals surface area contributed by atoms with E-state index >= 15 is 0 Å². The van der Waals surface area contributed by atoms with Gasteiger partial charge in [-0.2, -0.15) is 5.10 Å². The van der Waals surface area contributed by atoms with Gasteiger partial charge in [0.1, 0.15) is 18.0 Å². The van der Waals surface area contributed by atoms with E-state index in [0.717, 1.165) is 5.56 Å². The fourth-order valence-corrected chi connectivity index (χ4v) is 4.23. The molecule has 3 heterocycles. The molecule has 3 atom stereocenters. The smallest absolute Gasteiger partial charge is 0.327 e. The van der Waals surface area contributed by atoms with Crippen molar-refractivity contribution in [3.63, 3.8) is 0 Å². The highest BCUT2D eigenvalue weighted by molar-refractivity contribution is 6.04. The molecule has 0 spiro atoms. The monoisotopic (exact) mass is 434 g/mol. The minimum absolute atomic E-state index is 0.187. The zero-order valence-electron chi connectivity index (χ0n) is 17.8. The molecule has 11 heteroatoms. The number of halogens is 1. The van der Waals surface area contributed by atoms with Crippen LogP contribution in [0.1, 0.15) is 5.56 Å². The van der Waals surface area contributed by atoms with E-state index in [1.54, 1.807) is 31.2 Å². The molecule has 1 aromatic rings. The molecule has 4 rings (SSSR count). The van der Waals surface area contributed by atoms with Gasteiger partial charge < -0.3 is 14.4 Å². The molecule has 2 saturated heterocycles. The molecular weight excluding hydrogens is 407 g/mol. The van der Waals surface area contributed by atoms with E-state index in [1.165, 1.54) is 24.1 Å². The number of rotatable bonds is 7. The number of hydrazone groups is 1. The maximum absolute atomic E-state index is 13.4. The Labute approximate surface area is 180 Å². The summed E-state index contributed by atoms with van der Waals surface area (Å²) in [4.78, 5) is 30.9. The highest BCUT2D eigenvalue weighted by Crippen LogP contribution is 2.31. The van der Waals surface area contributed by atoms with Gasteiger partial charge in [-0.3, -0.25) is 20.0 Å². The van der Waals surface area contributed by atoms with Gasteiger partial charge in [-0.15, -0.1) is 0 Å². The topological polar surface area (TPSA) is 89.9 Å². The summed E-state index contributed by atoms with van der Waals surface area (Å²) in [6.45, 7) is 1.74. The first-order valence-corrected chi connectivity index (χ1v) is 10.1. The summed E-state index contributed by atoms with van der Waals surface area (Å²) in [6, 6.07) is 5.18. The molecular formula is C20H27FN6O4. The van der Waals surface area contributed by atoms with Crippen LogP contribution in [0.5, 0.6) is 0 Å². The molecule has 168 valence electrons. The number of nitrogens with zero attached hydrogens (tertiary/aromatic N) is 5. The molecule has 1 aromatic carbocycles. The molecule has 3 aliphatic rings. The molecule has 0 bridgehead atoms. The number of carbonyl (C=O) groups is 2. The Morgan fingerprint density at radius 1 is 1.13 bits per heavy atom. The van der Waals surface area contributed by atoms with Crippen molar-refractivity contribution in [3.05, 3.63) is 35.6 Å². The van der Waals surface area contributed by atoms with Gasteiger partial charge in [-0.25, -0.2) is 14.1 Å². The van der Waals surface area contributed by atoms with Gasteiger partial charge in [0.15, 0.2) is 6.29 Å². The molecule has 10 nitrogen and oxygen atoms in total. The quantitative estimate of drug-likeness (QED) is 0.642. The summed E-state index contributed by atoms with van der Waals surface area (Å²) in [5.74, 6) is -0.597. The molecule has 1 N–H and O–H groups in total. The van der Waals surface area contributed by atoms with Gasteiger partial charge in [0, 0.05) is 27.8 Å². The van der Waals surface area contributed by atoms with Crippen LogP contribution in [0, 0.1) is 5.82 Å². The van der Waals surface area contributed by atoms with E-state index in [4.69, 9.17) is 14.6 Å². The lowest BCUT2D eigenvalue weighted by atomic mass is 10.1. The highest BCUT2D eigenvalue weighted by atomic mass is 19.1. The number of ether oxygens (including phenoxy) is 2. The molecule has 3 aliphatic heterocycles. The van der Waals surface area contributed by atoms with Crippen LogP contribution in [0.25, 0.3) is 0 Å². The minimum atomic E-state index is -0.583. The zero-order valence-corrected chi connectivity index (χ0v) is 17.8. The Morgan fingerprint density at radius 2 is 1.81 bits per heavy atom. The second kappa shape index (κ2) is 8.87. The maximum atomic E-state index is 13.4. The number of carbonyl (C=O) groups excluding carboxylic acids is 2. The number of fused-ring (bicyclic) bond motifs is 3. The van der Waals surface area contributed by atoms with E-state index in [0.29, 0.717) is 25.4 Å². The molecule has 2 fully saturated rings. The predicted octanol–water partition coefficient (Wildman–Crippen LogP) is -0.0843. The van der Waals surface area contributed by atoms with Gasteiger partial charge >= 0.3 is 6.03 Å². The van der Waals surface area contributed by atoms with E-state index in [2.05, 4.69) is 5.32 Å². The second-order valence-corrected chi connectivity index (χ2v) is 7.69. The highest BCUT2D eigenvalue weighted by Gasteiger charge is 2.56. The first kappa shape index (κ1) is 21.6. The Balaban J connectivity index is 1.66. The second-order valence-electron chi connectivity index (χ2n) is 7.69. The van der Waals surface area contributed by atoms with Crippen molar-refractivity contribution in [1.29, 1.82) is 0 Å². The summed E-state index contributed by atoms with van der Waals surface area (Å²) in [5, 5.41) is 9.94. The summed E-state index contributed by atoms with van der Waals surface area (Å²) >= 11 is 0. The number of methoxy groups -OCH3 is 2. The number of hydrogen-bond donors (Lipinski definition) is 1. The van der Waals surface area contributed by atoms with Crippen molar-refractivity contribution in [1.82, 2.24) is 25.0 Å². The van der Waals surface area contributed by atoms with Crippen molar-refractivity contribution in [2.24, 2.45) is 5.10 Å². The van der Waals surface area contributed by atoms with Crippen molar-refractivity contribution < 1.29 is 23.5 Å². The van der Waals surface area contributed by atoms with Gasteiger partial charge in [0.05, 0.1) is 32.0 Å². The SMILES string of the molecule is COCCN1C(=O)C2C(NC3N(CCOC)N=C(c4ccc(F)cc4)CN23)N(C)C1=O. The van der Waals surface area contributed by atoms with Gasteiger partial charge in [-0.05, 0) is 17.7 Å². The zero-order chi connectivity index (χ0) is 22.1. The van der Waals surface area contributed by atoms with Crippen LogP contribution >= 0.6 is 0 Å². The van der Waals surface area contributed by atoms with Crippen molar-refractivity contribution in [2.45, 2.75) is 18.5 Å². The van der Waals surface area contributed by atoms with Crippen molar-refractivity contribution in [3.8, 4) is 0 Å². The van der Waals surface area contributed by atoms with E-state index in [9.17, 15) is 14.0 Å². The van der Waals surface area contributed by atoms with Crippen LogP contribution in [-0.4, -0.2) is 110 Å². The number of likely N-dealkylation sites (N-methyl/N-ethyl adjacent to an activating group) is 1. The third kappa shape index (κ3) is 3.89. The Kier molecular flexibility index (Phi) is 6.19. The summed E-state index contributed by atoms with van der Waals surface area (Å²) in [6.07, 6.45) is -0.868. The van der Waals surface area contributed by atoms with Gasteiger partial charge in [0.25, 0.3) is 5.91 Å². The number of hydrogen-bond acceptors (Lipinski definition) is 8. The molecule has 0 saturated carbocycles. The van der Waals surface area contributed by atoms with Gasteiger partial charge in [-0.1, -0.05) is 12.1 Å². The first-order chi connectivity index (χ1) is 15.0. The minimum Gasteiger partial charge on any atom is -0.383 e. The number of imide groups is 1. The van der Waals surface area contributed by atoms with Crippen LogP contribution in [0.2, 0.25) is 0 Å². The maximum Gasteiger partial charge on any atom is 0.327 e. The van der Waals surface area contributed by atoms with Crippen LogP contribution < -0.4 is 5.32 Å². The third-order valence-electron chi connectivity index (χ3n) is 5.84. The van der Waals surface area contributed by atoms with Crippen molar-refractivity contribution >= 4 is 17.6 Å². The van der Waals surface area contributed by atoms with E-state index in [-0.39, 0.29) is 37.2 Å². The molecule has 0 aromatic heterocycles. The fourth-order valence-electron chi connectivity index (χ4n) is 4.23. The van der Waals surface area contributed by atoms with E-state index < -0.39 is 12.2 Å². The number of amides is 3. The molecule has 0 aliphatic carbocycles. The fraction of sp³-hybridized carbons (Fsp3) is 0.550. The third-order valence-corrected chi connectivity index (χ3v) is 5.84. The van der Waals surface area contributed by atoms with Crippen LogP contribution in [-0.2, 0) is 14.3 Å². The lowest BCUT2D eigenvalue weighted by Crippen LogP contribution is -2.66. The standard InChI is InChI=1S/C20H27FN6O4/c1-24-17-16(18(28)25(20(24)29)8-10-30-2)26-12-15(13-4-6-14(21)7-5-13)23-27(9-11-31-3)19(26)22-17/h4-7,16-17,19,22H,8-12H2,1-3H3. The summed E-state index contributed by atoms with van der Waals surface area (Å²) < 4.78 is 23.7. The summed E-state index contributed by atoms with van der Waals surface area (Å²) in [5.41, 5.74) is 1.49. The van der Waals surface area contributed by atoms with E-state index in [1.807, 2.05) is 9.91 Å². The number of nitrogens with one attached hydrogen (secondary N) is 1. The number of benzene rings is 1. The average molecular weight is 434 g/mol. The Morgan fingerprint density at radius 3 is 2.48 bits per heavy atom. The molecule has 3 unspecified atom stereocenters. The summed E-state index contributed by atoms with van der Waals surface area (Å²) in [7, 11) is 4.82. The molecule has 3 amide bonds. The van der Waals surface area contributed by atoms with Crippen LogP contribution in [0.15, 0.2) is 29.4 Å². The largest absolute Gasteiger partial charge is 0.383 e. The lowest BCUT2D eigenvalue weighted by molar-refractivity contribution is -0.139. The Hall–Kier alpha value is -2.60. The number of urea groups is 1. The predicted molar refractivity (Wildman–Crippen MR) is 109 cm³/mol. The lowest BCUT2D eigenvalue weighted by Gasteiger charge is -2.42. The van der Waals surface area contributed by atoms with Crippen LogP contribution in [0.3, 0.4) is 0 Å². The van der Waals surface area contributed by atoms with Crippen LogP contribution in [0.4, 0.5) is 9.18 Å².